The van der Waals surface area contributed by atoms with E-state index in [1.165, 1.54) is 0 Å². The highest BCUT2D eigenvalue weighted by molar-refractivity contribution is 8.37. The molecule has 0 fully saturated rings. The molecule has 0 aliphatic heterocycles. The van der Waals surface area contributed by atoms with E-state index in [4.69, 9.17) is 17.0 Å². The molecule has 0 radical (unpaired) electrons. The lowest BCUT2D eigenvalue weighted by molar-refractivity contribution is -0.142. The van der Waals surface area contributed by atoms with Gasteiger partial charge >= 0.3 is 5.97 Å². The van der Waals surface area contributed by atoms with Crippen LogP contribution in [-0.2, 0) is 9.53 Å². The first-order valence-electron chi connectivity index (χ1n) is 8.26. The molecule has 2 unspecified atom stereocenters. The van der Waals surface area contributed by atoms with Crippen LogP contribution in [0.15, 0.2) is 30.3 Å². The van der Waals surface area contributed by atoms with E-state index < -0.39 is 10.9 Å². The van der Waals surface area contributed by atoms with E-state index >= 15 is 0 Å². The maximum absolute atomic E-state index is 12.7. The summed E-state index contributed by atoms with van der Waals surface area (Å²) in [4.78, 5) is 14.9. The van der Waals surface area contributed by atoms with E-state index in [1.807, 2.05) is 37.3 Å². The second-order valence-electron chi connectivity index (χ2n) is 5.52. The molecule has 23 heavy (non-hydrogen) atoms. The van der Waals surface area contributed by atoms with Gasteiger partial charge in [0.2, 0.25) is 0 Å². The predicted octanol–water partition coefficient (Wildman–Crippen LogP) is 4.33. The van der Waals surface area contributed by atoms with Gasteiger partial charge in [-0.15, -0.1) is 0 Å². The fourth-order valence-electron chi connectivity index (χ4n) is 2.55. The van der Waals surface area contributed by atoms with Gasteiger partial charge in [0, 0.05) is 13.1 Å². The van der Waals surface area contributed by atoms with Crippen molar-refractivity contribution in [2.75, 3.05) is 19.7 Å². The van der Waals surface area contributed by atoms with E-state index in [1.54, 1.807) is 0 Å². The molecule has 1 rings (SSSR count). The largest absolute Gasteiger partial charge is 0.465 e. The van der Waals surface area contributed by atoms with Gasteiger partial charge in [-0.2, -0.15) is 10.9 Å². The van der Waals surface area contributed by atoms with Crippen LogP contribution < -0.4 is 0 Å². The molecule has 0 amide bonds. The summed E-state index contributed by atoms with van der Waals surface area (Å²) in [5.74, 6) is -0.159. The number of hydrogen-bond donors (Lipinski definition) is 1. The van der Waals surface area contributed by atoms with Gasteiger partial charge in [-0.3, -0.25) is 4.79 Å². The summed E-state index contributed by atoms with van der Waals surface area (Å²) < 4.78 is 6.30. The molecular weight excluding hydrogens is 326 g/mol. The first kappa shape index (κ1) is 20.0. The first-order chi connectivity index (χ1) is 11.0. The predicted molar refractivity (Wildman–Crippen MR) is 105 cm³/mol. The lowest BCUT2D eigenvalue weighted by atomic mass is 10.1. The summed E-state index contributed by atoms with van der Waals surface area (Å²) in [6, 6.07) is 9.91. The van der Waals surface area contributed by atoms with Gasteiger partial charge in [0.1, 0.15) is 9.57 Å². The van der Waals surface area contributed by atoms with Gasteiger partial charge in [0.25, 0.3) is 0 Å². The van der Waals surface area contributed by atoms with E-state index in [0.717, 1.165) is 23.0 Å². The third kappa shape index (κ3) is 5.21. The van der Waals surface area contributed by atoms with Crippen LogP contribution in [0.25, 0.3) is 0 Å². The summed E-state index contributed by atoms with van der Waals surface area (Å²) in [7, 11) is -0.840. The van der Waals surface area contributed by atoms with E-state index in [0.29, 0.717) is 11.9 Å². The molecule has 0 aliphatic carbocycles. The van der Waals surface area contributed by atoms with E-state index in [9.17, 15) is 4.79 Å². The molecule has 0 spiro atoms. The number of carbonyl (C=O) groups excluding carboxylic acids is 1. The maximum atomic E-state index is 12.7. The molecule has 1 aromatic rings. The van der Waals surface area contributed by atoms with Gasteiger partial charge in [0.15, 0.2) is 0 Å². The number of thiol groups is 1. The highest BCUT2D eigenvalue weighted by Gasteiger charge is 2.34. The summed E-state index contributed by atoms with van der Waals surface area (Å²) >= 11 is 5.80. The van der Waals surface area contributed by atoms with Crippen molar-refractivity contribution in [3.8, 4) is 0 Å². The Kier molecular flexibility index (Phi) is 8.63. The van der Waals surface area contributed by atoms with Crippen molar-refractivity contribution in [3.63, 3.8) is 0 Å². The lowest BCUT2D eigenvalue weighted by Gasteiger charge is -2.38. The number of nitrogens with zero attached hydrogens (tertiary/aromatic N) is 1. The second kappa shape index (κ2) is 9.93. The van der Waals surface area contributed by atoms with Crippen molar-refractivity contribution in [3.05, 3.63) is 35.9 Å². The normalized spacial score (nSPS) is 14.3. The number of esters is 1. The summed E-state index contributed by atoms with van der Waals surface area (Å²) in [5.41, 5.74) is 1.00. The fourth-order valence-corrected chi connectivity index (χ4v) is 6.42. The van der Waals surface area contributed by atoms with Gasteiger partial charge in [-0.25, -0.2) is 0 Å². The molecule has 0 aromatic heterocycles. The Morgan fingerprint density at radius 3 is 2.17 bits per heavy atom. The molecule has 0 aliphatic rings. The zero-order chi connectivity index (χ0) is 17.4. The Labute approximate surface area is 148 Å². The highest BCUT2D eigenvalue weighted by Crippen LogP contribution is 2.49. The van der Waals surface area contributed by atoms with E-state index in [-0.39, 0.29) is 11.2 Å². The number of hydrogen-bond acceptors (Lipinski definition) is 3. The van der Waals surface area contributed by atoms with Crippen LogP contribution in [0, 0.1) is 0 Å². The van der Waals surface area contributed by atoms with Gasteiger partial charge < -0.3 is 9.64 Å². The maximum Gasteiger partial charge on any atom is 0.322 e. The van der Waals surface area contributed by atoms with E-state index in [2.05, 4.69) is 32.6 Å². The smallest absolute Gasteiger partial charge is 0.322 e. The Morgan fingerprint density at radius 1 is 1.17 bits per heavy atom. The van der Waals surface area contributed by atoms with Crippen molar-refractivity contribution in [1.29, 1.82) is 0 Å². The van der Waals surface area contributed by atoms with Crippen LogP contribution in [0.4, 0.5) is 0 Å². The summed E-state index contributed by atoms with van der Waals surface area (Å²) in [6.07, 6.45) is 0. The van der Waals surface area contributed by atoms with Gasteiger partial charge in [0.05, 0.1) is 6.61 Å². The minimum absolute atomic E-state index is 0.159. The Hall–Kier alpha value is -1.07. The lowest BCUT2D eigenvalue weighted by Crippen LogP contribution is -2.34. The fraction of sp³-hybridized carbons (Fsp3) is 0.556. The zero-order valence-electron chi connectivity index (χ0n) is 14.8. The van der Waals surface area contributed by atoms with Crippen molar-refractivity contribution >= 4 is 33.4 Å². The third-order valence-electron chi connectivity index (χ3n) is 3.71. The number of ether oxygens (including phenoxy) is 1. The van der Waals surface area contributed by atoms with Gasteiger partial charge in [-0.05, 0) is 31.6 Å². The van der Waals surface area contributed by atoms with Crippen LogP contribution in [-0.4, -0.2) is 40.1 Å². The molecule has 130 valence electrons. The van der Waals surface area contributed by atoms with Crippen molar-refractivity contribution in [2.45, 2.75) is 45.1 Å². The van der Waals surface area contributed by atoms with Crippen LogP contribution in [0.2, 0.25) is 0 Å². The molecule has 3 nitrogen and oxygen atoms in total. The summed E-state index contributed by atoms with van der Waals surface area (Å²) in [6.45, 7) is 12.5. The molecule has 2 atom stereocenters. The molecule has 1 aromatic carbocycles. The Morgan fingerprint density at radius 2 is 1.74 bits per heavy atom. The van der Waals surface area contributed by atoms with Crippen molar-refractivity contribution < 1.29 is 9.53 Å². The SMILES string of the molecule is CCOC(=O)C(c1ccccc1)[SH](C(=S)N(CC)CC)C(C)C. The monoisotopic (exact) mass is 355 g/mol. The molecule has 0 N–H and O–H groups in total. The van der Waals surface area contributed by atoms with Gasteiger partial charge in [-0.1, -0.05) is 56.4 Å². The van der Waals surface area contributed by atoms with Crippen LogP contribution >= 0.6 is 23.1 Å². The molecule has 0 saturated heterocycles. The number of rotatable bonds is 7. The minimum atomic E-state index is -0.840. The van der Waals surface area contributed by atoms with Crippen LogP contribution in [0.1, 0.15) is 45.4 Å². The minimum Gasteiger partial charge on any atom is -0.465 e. The molecule has 5 heteroatoms. The second-order valence-corrected chi connectivity index (χ2v) is 9.00. The molecular formula is C18H29NO2S2. The average Bonchev–Trinajstić information content (AvgIpc) is 2.54. The molecule has 0 saturated carbocycles. The number of carbonyl (C=O) groups is 1. The highest BCUT2D eigenvalue weighted by atomic mass is 32.2. The zero-order valence-corrected chi connectivity index (χ0v) is 16.5. The topological polar surface area (TPSA) is 29.5 Å². The van der Waals surface area contributed by atoms with Crippen LogP contribution in [0.5, 0.6) is 0 Å². The number of benzene rings is 1. The molecule has 0 heterocycles. The Bertz CT molecular complexity index is 501. The summed E-state index contributed by atoms with van der Waals surface area (Å²) in [5, 5.41) is 0.0203. The Balaban J connectivity index is 3.28. The molecule has 0 bridgehead atoms. The van der Waals surface area contributed by atoms with Crippen LogP contribution in [0.3, 0.4) is 0 Å². The average molecular weight is 356 g/mol. The quantitative estimate of drug-likeness (QED) is 0.448. The van der Waals surface area contributed by atoms with Crippen molar-refractivity contribution in [2.24, 2.45) is 0 Å². The van der Waals surface area contributed by atoms with Crippen molar-refractivity contribution in [1.82, 2.24) is 4.90 Å². The third-order valence-corrected chi connectivity index (χ3v) is 7.51. The first-order valence-corrected chi connectivity index (χ1v) is 10.1. The standard InChI is InChI=1S/C18H29NO2S2/c1-6-19(7-2)18(22)23(14(4)5)16(17(20)21-8-3)15-12-10-9-11-13-15/h9-14,16,23H,6-8H2,1-5H3. The number of thiocarbonyl (C=S) groups is 1.